The van der Waals surface area contributed by atoms with Gasteiger partial charge in [0.2, 0.25) is 15.9 Å². The van der Waals surface area contributed by atoms with Crippen LogP contribution in [0.1, 0.15) is 23.2 Å². The Hall–Kier alpha value is -1.45. The van der Waals surface area contributed by atoms with Crippen molar-refractivity contribution in [1.82, 2.24) is 14.1 Å². The van der Waals surface area contributed by atoms with Gasteiger partial charge in [0.05, 0.1) is 6.26 Å². The SMILES string of the molecule is CS(=O)(=O)N1CCN(C(=O)C2CCN(C(=O)c3ccc(Br)cc3)CC2)CC1. The Labute approximate surface area is 168 Å². The summed E-state index contributed by atoms with van der Waals surface area (Å²) in [5.41, 5.74) is 0.653. The number of amides is 2. The minimum atomic E-state index is -3.20. The first-order valence-electron chi connectivity index (χ1n) is 9.04. The third kappa shape index (κ3) is 4.89. The second kappa shape index (κ2) is 8.28. The Morgan fingerprint density at radius 1 is 0.926 bits per heavy atom. The van der Waals surface area contributed by atoms with Crippen LogP contribution < -0.4 is 0 Å². The lowest BCUT2D eigenvalue weighted by Crippen LogP contribution is -2.52. The van der Waals surface area contributed by atoms with Crippen LogP contribution in [0.15, 0.2) is 28.7 Å². The monoisotopic (exact) mass is 457 g/mol. The van der Waals surface area contributed by atoms with Gasteiger partial charge in [-0.1, -0.05) is 15.9 Å². The number of rotatable bonds is 3. The summed E-state index contributed by atoms with van der Waals surface area (Å²) in [4.78, 5) is 28.9. The van der Waals surface area contributed by atoms with Crippen LogP contribution in [-0.4, -0.2) is 79.9 Å². The minimum absolute atomic E-state index is 0.00448. The van der Waals surface area contributed by atoms with Crippen LogP contribution in [0, 0.1) is 5.92 Å². The first-order valence-corrected chi connectivity index (χ1v) is 11.7. The lowest BCUT2D eigenvalue weighted by molar-refractivity contribution is -0.138. The summed E-state index contributed by atoms with van der Waals surface area (Å²) in [5, 5.41) is 0. The Balaban J connectivity index is 1.51. The van der Waals surface area contributed by atoms with Crippen molar-refractivity contribution in [3.8, 4) is 0 Å². The first kappa shape index (κ1) is 20.3. The van der Waals surface area contributed by atoms with Crippen LogP contribution in [0.25, 0.3) is 0 Å². The third-order valence-electron chi connectivity index (χ3n) is 5.24. The van der Waals surface area contributed by atoms with Gasteiger partial charge in [0.1, 0.15) is 0 Å². The van der Waals surface area contributed by atoms with Crippen molar-refractivity contribution in [3.63, 3.8) is 0 Å². The molecular weight excluding hydrogens is 434 g/mol. The fourth-order valence-electron chi connectivity index (χ4n) is 3.60. The number of hydrogen-bond acceptors (Lipinski definition) is 4. The predicted molar refractivity (Wildman–Crippen MR) is 106 cm³/mol. The Kier molecular flexibility index (Phi) is 6.22. The third-order valence-corrected chi connectivity index (χ3v) is 7.07. The highest BCUT2D eigenvalue weighted by atomic mass is 79.9. The maximum absolute atomic E-state index is 12.7. The van der Waals surface area contributed by atoms with E-state index in [1.165, 1.54) is 10.6 Å². The molecule has 0 radical (unpaired) electrons. The zero-order valence-electron chi connectivity index (χ0n) is 15.3. The van der Waals surface area contributed by atoms with Crippen LogP contribution in [-0.2, 0) is 14.8 Å². The first-order chi connectivity index (χ1) is 12.8. The molecule has 0 aliphatic carbocycles. The number of nitrogens with zero attached hydrogens (tertiary/aromatic N) is 3. The quantitative estimate of drug-likeness (QED) is 0.687. The molecule has 2 fully saturated rings. The molecule has 0 unspecified atom stereocenters. The van der Waals surface area contributed by atoms with E-state index >= 15 is 0 Å². The number of sulfonamides is 1. The molecule has 1 aromatic rings. The average Bonchev–Trinajstić information content (AvgIpc) is 2.67. The van der Waals surface area contributed by atoms with E-state index in [0.29, 0.717) is 57.7 Å². The summed E-state index contributed by atoms with van der Waals surface area (Å²) >= 11 is 3.36. The zero-order valence-corrected chi connectivity index (χ0v) is 17.7. The molecule has 2 aliphatic rings. The second-order valence-electron chi connectivity index (χ2n) is 7.06. The number of halogens is 1. The van der Waals surface area contributed by atoms with Crippen LogP contribution in [0.2, 0.25) is 0 Å². The summed E-state index contributed by atoms with van der Waals surface area (Å²) in [6.07, 6.45) is 2.49. The van der Waals surface area contributed by atoms with Gasteiger partial charge in [-0.3, -0.25) is 9.59 Å². The molecule has 0 bridgehead atoms. The van der Waals surface area contributed by atoms with Gasteiger partial charge >= 0.3 is 0 Å². The summed E-state index contributed by atoms with van der Waals surface area (Å²) in [6.45, 7) is 2.70. The largest absolute Gasteiger partial charge is 0.340 e. The van der Waals surface area contributed by atoms with E-state index in [1.54, 1.807) is 21.9 Å². The predicted octanol–water partition coefficient (Wildman–Crippen LogP) is 1.41. The lowest BCUT2D eigenvalue weighted by atomic mass is 9.94. The summed E-state index contributed by atoms with van der Waals surface area (Å²) < 4.78 is 25.5. The van der Waals surface area contributed by atoms with Crippen molar-refractivity contribution in [2.24, 2.45) is 5.92 Å². The highest BCUT2D eigenvalue weighted by molar-refractivity contribution is 9.10. The maximum Gasteiger partial charge on any atom is 0.253 e. The molecule has 3 rings (SSSR count). The molecule has 9 heteroatoms. The smallest absolute Gasteiger partial charge is 0.253 e. The van der Waals surface area contributed by atoms with Gasteiger partial charge in [-0.25, -0.2) is 8.42 Å². The second-order valence-corrected chi connectivity index (χ2v) is 9.96. The molecule has 2 saturated heterocycles. The Bertz CT molecular complexity index is 796. The molecule has 2 aliphatic heterocycles. The lowest BCUT2D eigenvalue weighted by Gasteiger charge is -2.37. The van der Waals surface area contributed by atoms with E-state index in [-0.39, 0.29) is 17.7 Å². The highest BCUT2D eigenvalue weighted by Crippen LogP contribution is 2.22. The highest BCUT2D eigenvalue weighted by Gasteiger charge is 2.33. The van der Waals surface area contributed by atoms with Gasteiger partial charge in [0.25, 0.3) is 5.91 Å². The van der Waals surface area contributed by atoms with Crippen molar-refractivity contribution in [1.29, 1.82) is 0 Å². The average molecular weight is 458 g/mol. The Morgan fingerprint density at radius 3 is 2.00 bits per heavy atom. The topological polar surface area (TPSA) is 78.0 Å². The molecule has 0 aromatic heterocycles. The van der Waals surface area contributed by atoms with Gasteiger partial charge in [-0.15, -0.1) is 0 Å². The van der Waals surface area contributed by atoms with Crippen LogP contribution in [0.4, 0.5) is 0 Å². The number of carbonyl (C=O) groups excluding carboxylic acids is 2. The fraction of sp³-hybridized carbons (Fsp3) is 0.556. The van der Waals surface area contributed by atoms with Gasteiger partial charge < -0.3 is 9.80 Å². The summed E-state index contributed by atoms with van der Waals surface area (Å²) in [7, 11) is -3.20. The molecule has 0 N–H and O–H groups in total. The summed E-state index contributed by atoms with van der Waals surface area (Å²) in [5.74, 6) is -0.0159. The molecule has 7 nitrogen and oxygen atoms in total. The van der Waals surface area contributed by atoms with E-state index in [0.717, 1.165) is 4.47 Å². The van der Waals surface area contributed by atoms with Crippen molar-refractivity contribution in [3.05, 3.63) is 34.3 Å². The molecule has 0 spiro atoms. The van der Waals surface area contributed by atoms with Gasteiger partial charge in [0.15, 0.2) is 0 Å². The standard InChI is InChI=1S/C18H24BrN3O4S/c1-27(25,26)22-12-10-21(11-13-22)18(24)15-6-8-20(9-7-15)17(23)14-2-4-16(19)5-3-14/h2-5,15H,6-13H2,1H3. The maximum atomic E-state index is 12.7. The number of likely N-dealkylation sites (tertiary alicyclic amines) is 1. The van der Waals surface area contributed by atoms with Crippen LogP contribution in [0.5, 0.6) is 0 Å². The number of piperazine rings is 1. The fourth-order valence-corrected chi connectivity index (χ4v) is 4.69. The van der Waals surface area contributed by atoms with Crippen molar-refractivity contribution in [2.75, 3.05) is 45.5 Å². The number of benzene rings is 1. The van der Waals surface area contributed by atoms with Crippen molar-refractivity contribution < 1.29 is 18.0 Å². The molecule has 148 valence electrons. The van der Waals surface area contributed by atoms with Crippen molar-refractivity contribution in [2.45, 2.75) is 12.8 Å². The number of piperidine rings is 1. The van der Waals surface area contributed by atoms with Crippen LogP contribution in [0.3, 0.4) is 0 Å². The van der Waals surface area contributed by atoms with E-state index in [1.807, 2.05) is 12.1 Å². The van der Waals surface area contributed by atoms with Crippen molar-refractivity contribution >= 4 is 37.8 Å². The van der Waals surface area contributed by atoms with Gasteiger partial charge in [0, 0.05) is 55.2 Å². The molecule has 2 heterocycles. The van der Waals surface area contributed by atoms with Crippen LogP contribution >= 0.6 is 15.9 Å². The molecule has 0 atom stereocenters. The molecule has 2 amide bonds. The van der Waals surface area contributed by atoms with E-state index in [2.05, 4.69) is 15.9 Å². The van der Waals surface area contributed by atoms with E-state index in [4.69, 9.17) is 0 Å². The number of hydrogen-bond donors (Lipinski definition) is 0. The normalized spacial score (nSPS) is 19.9. The Morgan fingerprint density at radius 2 is 1.48 bits per heavy atom. The summed E-state index contributed by atoms with van der Waals surface area (Å²) in [6, 6.07) is 7.29. The van der Waals surface area contributed by atoms with Gasteiger partial charge in [-0.2, -0.15) is 4.31 Å². The molecule has 0 saturated carbocycles. The molecular formula is C18H24BrN3O4S. The van der Waals surface area contributed by atoms with E-state index in [9.17, 15) is 18.0 Å². The zero-order chi connectivity index (χ0) is 19.6. The molecule has 1 aromatic carbocycles. The van der Waals surface area contributed by atoms with Gasteiger partial charge in [-0.05, 0) is 37.1 Å². The van der Waals surface area contributed by atoms with E-state index < -0.39 is 10.0 Å². The number of carbonyl (C=O) groups is 2. The minimum Gasteiger partial charge on any atom is -0.340 e. The molecule has 27 heavy (non-hydrogen) atoms.